The molecule has 0 aliphatic carbocycles. The van der Waals surface area contributed by atoms with Crippen molar-refractivity contribution < 1.29 is 10.2 Å². The molecule has 2 heteroatoms. The second-order valence-electron chi connectivity index (χ2n) is 7.36. The average Bonchev–Trinajstić information content (AvgIpc) is 2.52. The zero-order valence-electron chi connectivity index (χ0n) is 16.1. The standard InChI is InChI=1S/C21H44O2/c1-3-5-7-8-9-10-11-12-13-14-16-18-21(23)19-20(22)17-15-6-4-2/h20-23H,3-19H2,1-2H3/t20-,21+/m0/s1. The molecule has 0 saturated heterocycles. The first-order chi connectivity index (χ1) is 11.2. The molecule has 0 aromatic rings. The van der Waals surface area contributed by atoms with E-state index in [2.05, 4.69) is 13.8 Å². The topological polar surface area (TPSA) is 40.5 Å². The van der Waals surface area contributed by atoms with Crippen LogP contribution in [0.1, 0.15) is 123 Å². The van der Waals surface area contributed by atoms with Gasteiger partial charge in [-0.3, -0.25) is 0 Å². The molecule has 0 fully saturated rings. The lowest BCUT2D eigenvalue weighted by atomic mass is 10.00. The van der Waals surface area contributed by atoms with Gasteiger partial charge in [0.05, 0.1) is 12.2 Å². The third-order valence-corrected chi connectivity index (χ3v) is 4.83. The van der Waals surface area contributed by atoms with Crippen LogP contribution < -0.4 is 0 Å². The van der Waals surface area contributed by atoms with Crippen LogP contribution in [0, 0.1) is 0 Å². The molecule has 2 atom stereocenters. The number of aliphatic hydroxyl groups excluding tert-OH is 2. The Morgan fingerprint density at radius 1 is 0.478 bits per heavy atom. The van der Waals surface area contributed by atoms with Crippen LogP contribution in [0.25, 0.3) is 0 Å². The van der Waals surface area contributed by atoms with Crippen LogP contribution >= 0.6 is 0 Å². The number of unbranched alkanes of at least 4 members (excludes halogenated alkanes) is 12. The molecule has 0 amide bonds. The fourth-order valence-corrected chi connectivity index (χ4v) is 3.22. The second kappa shape index (κ2) is 18.3. The van der Waals surface area contributed by atoms with Gasteiger partial charge in [0.15, 0.2) is 0 Å². The van der Waals surface area contributed by atoms with Crippen molar-refractivity contribution in [2.45, 2.75) is 135 Å². The zero-order valence-corrected chi connectivity index (χ0v) is 16.1. The van der Waals surface area contributed by atoms with Gasteiger partial charge in [-0.15, -0.1) is 0 Å². The van der Waals surface area contributed by atoms with Crippen molar-refractivity contribution in [2.75, 3.05) is 0 Å². The Labute approximate surface area is 146 Å². The van der Waals surface area contributed by atoms with Crippen LogP contribution in [0.2, 0.25) is 0 Å². The lowest BCUT2D eigenvalue weighted by molar-refractivity contribution is 0.0681. The summed E-state index contributed by atoms with van der Waals surface area (Å²) in [5.41, 5.74) is 0. The normalized spacial score (nSPS) is 14.1. The molecule has 0 spiro atoms. The van der Waals surface area contributed by atoms with Gasteiger partial charge in [0, 0.05) is 0 Å². The number of hydrogen-bond acceptors (Lipinski definition) is 2. The van der Waals surface area contributed by atoms with Crippen molar-refractivity contribution in [1.82, 2.24) is 0 Å². The third-order valence-electron chi connectivity index (χ3n) is 4.83. The second-order valence-corrected chi connectivity index (χ2v) is 7.36. The van der Waals surface area contributed by atoms with Crippen molar-refractivity contribution in [2.24, 2.45) is 0 Å². The van der Waals surface area contributed by atoms with Gasteiger partial charge in [-0.25, -0.2) is 0 Å². The van der Waals surface area contributed by atoms with Crippen molar-refractivity contribution in [3.63, 3.8) is 0 Å². The van der Waals surface area contributed by atoms with Gasteiger partial charge < -0.3 is 10.2 Å². The van der Waals surface area contributed by atoms with Gasteiger partial charge in [-0.05, 0) is 19.3 Å². The third kappa shape index (κ3) is 18.1. The molecule has 0 radical (unpaired) electrons. The Balaban J connectivity index is 3.24. The summed E-state index contributed by atoms with van der Waals surface area (Å²) in [6, 6.07) is 0. The molecule has 0 heterocycles. The molecule has 0 aromatic heterocycles. The highest BCUT2D eigenvalue weighted by Gasteiger charge is 2.11. The predicted molar refractivity (Wildman–Crippen MR) is 102 cm³/mol. The molecule has 0 aliphatic rings. The smallest absolute Gasteiger partial charge is 0.0564 e. The maximum atomic E-state index is 9.96. The van der Waals surface area contributed by atoms with Crippen LogP contribution in [0.4, 0.5) is 0 Å². The van der Waals surface area contributed by atoms with Gasteiger partial charge in [-0.1, -0.05) is 104 Å². The van der Waals surface area contributed by atoms with Gasteiger partial charge in [0.2, 0.25) is 0 Å². The van der Waals surface area contributed by atoms with Gasteiger partial charge in [0.25, 0.3) is 0 Å². The van der Waals surface area contributed by atoms with Crippen molar-refractivity contribution in [3.05, 3.63) is 0 Å². The number of aliphatic hydroxyl groups is 2. The quantitative estimate of drug-likeness (QED) is 0.287. The van der Waals surface area contributed by atoms with E-state index in [1.807, 2.05) is 0 Å². The maximum Gasteiger partial charge on any atom is 0.0564 e. The fraction of sp³-hybridized carbons (Fsp3) is 1.00. The van der Waals surface area contributed by atoms with E-state index in [9.17, 15) is 10.2 Å². The number of rotatable bonds is 18. The first-order valence-corrected chi connectivity index (χ1v) is 10.6. The monoisotopic (exact) mass is 328 g/mol. The molecule has 23 heavy (non-hydrogen) atoms. The number of hydrogen-bond donors (Lipinski definition) is 2. The molecule has 0 aromatic carbocycles. The van der Waals surface area contributed by atoms with E-state index in [0.29, 0.717) is 6.42 Å². The van der Waals surface area contributed by atoms with E-state index >= 15 is 0 Å². The molecule has 2 N–H and O–H groups in total. The van der Waals surface area contributed by atoms with Crippen molar-refractivity contribution in [3.8, 4) is 0 Å². The SMILES string of the molecule is CCCCCCCCCCCCC[C@@H](O)C[C@@H](O)CCCCC. The first-order valence-electron chi connectivity index (χ1n) is 10.6. The summed E-state index contributed by atoms with van der Waals surface area (Å²) in [6.07, 6.45) is 19.9. The maximum absolute atomic E-state index is 9.96. The van der Waals surface area contributed by atoms with Gasteiger partial charge in [0.1, 0.15) is 0 Å². The van der Waals surface area contributed by atoms with Crippen molar-refractivity contribution >= 4 is 0 Å². The Morgan fingerprint density at radius 3 is 1.22 bits per heavy atom. The van der Waals surface area contributed by atoms with Crippen LogP contribution in [-0.4, -0.2) is 22.4 Å². The van der Waals surface area contributed by atoms with Crippen LogP contribution in [0.5, 0.6) is 0 Å². The van der Waals surface area contributed by atoms with E-state index in [4.69, 9.17) is 0 Å². The largest absolute Gasteiger partial charge is 0.393 e. The van der Waals surface area contributed by atoms with Gasteiger partial charge >= 0.3 is 0 Å². The van der Waals surface area contributed by atoms with Gasteiger partial charge in [-0.2, -0.15) is 0 Å². The molecular weight excluding hydrogens is 284 g/mol. The highest BCUT2D eigenvalue weighted by atomic mass is 16.3. The highest BCUT2D eigenvalue weighted by Crippen LogP contribution is 2.15. The van der Waals surface area contributed by atoms with Crippen LogP contribution in [0.15, 0.2) is 0 Å². The minimum absolute atomic E-state index is 0.301. The zero-order chi connectivity index (χ0) is 17.2. The summed E-state index contributed by atoms with van der Waals surface area (Å²) < 4.78 is 0. The summed E-state index contributed by atoms with van der Waals surface area (Å²) in [7, 11) is 0. The van der Waals surface area contributed by atoms with Crippen LogP contribution in [-0.2, 0) is 0 Å². The molecule has 2 nitrogen and oxygen atoms in total. The Kier molecular flexibility index (Phi) is 18.2. The Bertz CT molecular complexity index is 218. The summed E-state index contributed by atoms with van der Waals surface area (Å²) in [6.45, 7) is 4.44. The first kappa shape index (κ1) is 22.9. The summed E-state index contributed by atoms with van der Waals surface area (Å²) in [5.74, 6) is 0. The molecule has 0 aliphatic heterocycles. The van der Waals surface area contributed by atoms with E-state index in [0.717, 1.165) is 25.7 Å². The minimum atomic E-state index is -0.302. The predicted octanol–water partition coefficient (Wildman–Crippen LogP) is 6.38. The van der Waals surface area contributed by atoms with E-state index < -0.39 is 0 Å². The average molecular weight is 329 g/mol. The summed E-state index contributed by atoms with van der Waals surface area (Å²) in [5, 5.41) is 19.8. The molecule has 0 bridgehead atoms. The molecule has 0 saturated carbocycles. The van der Waals surface area contributed by atoms with Crippen LogP contribution in [0.3, 0.4) is 0 Å². The molecule has 0 rings (SSSR count). The lowest BCUT2D eigenvalue weighted by Gasteiger charge is -2.15. The Hall–Kier alpha value is -0.0800. The molecule has 140 valence electrons. The fourth-order valence-electron chi connectivity index (χ4n) is 3.22. The van der Waals surface area contributed by atoms with E-state index in [1.165, 1.54) is 77.0 Å². The molecule has 0 unspecified atom stereocenters. The summed E-state index contributed by atoms with van der Waals surface area (Å²) in [4.78, 5) is 0. The van der Waals surface area contributed by atoms with E-state index in [1.54, 1.807) is 0 Å². The molecular formula is C21H44O2. The Morgan fingerprint density at radius 2 is 0.783 bits per heavy atom. The lowest BCUT2D eigenvalue weighted by Crippen LogP contribution is -2.17. The van der Waals surface area contributed by atoms with E-state index in [-0.39, 0.29) is 12.2 Å². The minimum Gasteiger partial charge on any atom is -0.393 e. The van der Waals surface area contributed by atoms with Crippen molar-refractivity contribution in [1.29, 1.82) is 0 Å². The summed E-state index contributed by atoms with van der Waals surface area (Å²) >= 11 is 0. The highest BCUT2D eigenvalue weighted by molar-refractivity contribution is 4.64.